The molecule has 1 amide bonds. The van der Waals surface area contributed by atoms with Crippen LogP contribution in [0.3, 0.4) is 0 Å². The number of rotatable bonds is 5. The molecule has 0 radical (unpaired) electrons. The molecule has 0 spiro atoms. The third kappa shape index (κ3) is 3.61. The van der Waals surface area contributed by atoms with Gasteiger partial charge in [0.25, 0.3) is 0 Å². The maximum absolute atomic E-state index is 11.5. The van der Waals surface area contributed by atoms with Crippen LogP contribution in [0.4, 0.5) is 0 Å². The van der Waals surface area contributed by atoms with Gasteiger partial charge in [0, 0.05) is 24.2 Å². The molecule has 0 aliphatic heterocycles. The second-order valence-corrected chi connectivity index (χ2v) is 3.92. The Morgan fingerprint density at radius 3 is 2.76 bits per heavy atom. The molecule has 4 nitrogen and oxygen atoms in total. The SMILES string of the molecule is COc1cccc(Cl)c1CNC(=O)C(C)OC. The van der Waals surface area contributed by atoms with E-state index in [-0.39, 0.29) is 5.91 Å². The zero-order chi connectivity index (χ0) is 12.8. The Morgan fingerprint density at radius 1 is 1.47 bits per heavy atom. The van der Waals surface area contributed by atoms with Crippen molar-refractivity contribution in [3.63, 3.8) is 0 Å². The Bertz CT molecular complexity index is 395. The normalized spacial score (nSPS) is 12.0. The van der Waals surface area contributed by atoms with Crippen molar-refractivity contribution in [2.75, 3.05) is 14.2 Å². The van der Waals surface area contributed by atoms with Crippen LogP contribution in [0.15, 0.2) is 18.2 Å². The summed E-state index contributed by atoms with van der Waals surface area (Å²) >= 11 is 6.04. The average Bonchev–Trinajstić information content (AvgIpc) is 2.35. The van der Waals surface area contributed by atoms with Gasteiger partial charge in [-0.25, -0.2) is 0 Å². The standard InChI is InChI=1S/C12H16ClNO3/c1-8(16-2)12(15)14-7-9-10(13)5-4-6-11(9)17-3/h4-6,8H,7H2,1-3H3,(H,14,15). The van der Waals surface area contributed by atoms with E-state index in [2.05, 4.69) is 5.32 Å². The number of hydrogen-bond donors (Lipinski definition) is 1. The summed E-state index contributed by atoms with van der Waals surface area (Å²) in [5.74, 6) is 0.470. The van der Waals surface area contributed by atoms with Crippen LogP contribution in [0, 0.1) is 0 Å². The second kappa shape index (κ2) is 6.47. The van der Waals surface area contributed by atoms with Crippen LogP contribution in [-0.4, -0.2) is 26.2 Å². The molecule has 5 heteroatoms. The quantitative estimate of drug-likeness (QED) is 0.878. The Hall–Kier alpha value is -1.26. The summed E-state index contributed by atoms with van der Waals surface area (Å²) in [5.41, 5.74) is 0.758. The number of ether oxygens (including phenoxy) is 2. The van der Waals surface area contributed by atoms with E-state index in [1.807, 2.05) is 0 Å². The predicted molar refractivity (Wildman–Crippen MR) is 66.3 cm³/mol. The Kier molecular flexibility index (Phi) is 5.25. The van der Waals surface area contributed by atoms with E-state index in [4.69, 9.17) is 21.1 Å². The Labute approximate surface area is 106 Å². The second-order valence-electron chi connectivity index (χ2n) is 3.52. The number of carbonyl (C=O) groups excluding carboxylic acids is 1. The van der Waals surface area contributed by atoms with Crippen LogP contribution in [0.25, 0.3) is 0 Å². The highest BCUT2D eigenvalue weighted by atomic mass is 35.5. The molecule has 94 valence electrons. The van der Waals surface area contributed by atoms with Gasteiger partial charge in [-0.2, -0.15) is 0 Å². The smallest absolute Gasteiger partial charge is 0.249 e. The monoisotopic (exact) mass is 257 g/mol. The minimum Gasteiger partial charge on any atom is -0.496 e. The van der Waals surface area contributed by atoms with Crippen LogP contribution >= 0.6 is 11.6 Å². The molecule has 0 saturated carbocycles. The first-order valence-electron chi connectivity index (χ1n) is 5.22. The molecule has 0 fully saturated rings. The van der Waals surface area contributed by atoms with Gasteiger partial charge in [-0.3, -0.25) is 4.79 Å². The molecule has 0 aliphatic carbocycles. The fourth-order valence-corrected chi connectivity index (χ4v) is 1.56. The fraction of sp³-hybridized carbons (Fsp3) is 0.417. The first-order valence-corrected chi connectivity index (χ1v) is 5.59. The zero-order valence-electron chi connectivity index (χ0n) is 10.1. The third-order valence-electron chi connectivity index (χ3n) is 2.46. The molecular weight excluding hydrogens is 242 g/mol. The lowest BCUT2D eigenvalue weighted by atomic mass is 10.2. The van der Waals surface area contributed by atoms with Crippen molar-refractivity contribution in [2.24, 2.45) is 0 Å². The molecule has 0 saturated heterocycles. The third-order valence-corrected chi connectivity index (χ3v) is 2.81. The summed E-state index contributed by atoms with van der Waals surface area (Å²) in [5, 5.41) is 3.30. The van der Waals surface area contributed by atoms with Crippen molar-refractivity contribution in [2.45, 2.75) is 19.6 Å². The zero-order valence-corrected chi connectivity index (χ0v) is 10.9. The summed E-state index contributed by atoms with van der Waals surface area (Å²) < 4.78 is 10.1. The predicted octanol–water partition coefficient (Wildman–Crippen LogP) is 2.00. The molecule has 1 atom stereocenters. The van der Waals surface area contributed by atoms with Gasteiger partial charge in [0.05, 0.1) is 7.11 Å². The van der Waals surface area contributed by atoms with Crippen molar-refractivity contribution in [3.8, 4) is 5.75 Å². The molecule has 1 rings (SSSR count). The lowest BCUT2D eigenvalue weighted by Crippen LogP contribution is -2.33. The summed E-state index contributed by atoms with van der Waals surface area (Å²) in [7, 11) is 3.05. The van der Waals surface area contributed by atoms with Gasteiger partial charge in [0.1, 0.15) is 11.9 Å². The van der Waals surface area contributed by atoms with E-state index >= 15 is 0 Å². The summed E-state index contributed by atoms with van der Waals surface area (Å²) in [6.07, 6.45) is -0.483. The minimum atomic E-state index is -0.483. The highest BCUT2D eigenvalue weighted by molar-refractivity contribution is 6.31. The molecule has 17 heavy (non-hydrogen) atoms. The van der Waals surface area contributed by atoms with Gasteiger partial charge >= 0.3 is 0 Å². The molecule has 1 N–H and O–H groups in total. The van der Waals surface area contributed by atoms with Crippen LogP contribution in [0.5, 0.6) is 5.75 Å². The lowest BCUT2D eigenvalue weighted by molar-refractivity contribution is -0.130. The average molecular weight is 258 g/mol. The highest BCUT2D eigenvalue weighted by Crippen LogP contribution is 2.25. The Balaban J connectivity index is 2.72. The number of amides is 1. The Morgan fingerprint density at radius 2 is 2.18 bits per heavy atom. The van der Waals surface area contributed by atoms with E-state index in [1.165, 1.54) is 7.11 Å². The van der Waals surface area contributed by atoms with Gasteiger partial charge in [-0.1, -0.05) is 17.7 Å². The summed E-state index contributed by atoms with van der Waals surface area (Å²) in [6.45, 7) is 1.99. The van der Waals surface area contributed by atoms with Gasteiger partial charge in [-0.15, -0.1) is 0 Å². The van der Waals surface area contributed by atoms with Gasteiger partial charge in [-0.05, 0) is 19.1 Å². The molecule has 1 aromatic carbocycles. The molecule has 1 aromatic rings. The van der Waals surface area contributed by atoms with E-state index in [0.717, 1.165) is 5.56 Å². The topological polar surface area (TPSA) is 47.6 Å². The molecule has 0 aliphatic rings. The maximum atomic E-state index is 11.5. The molecule has 0 bridgehead atoms. The molecule has 1 unspecified atom stereocenters. The first kappa shape index (κ1) is 13.8. The highest BCUT2D eigenvalue weighted by Gasteiger charge is 2.13. The van der Waals surface area contributed by atoms with Gasteiger partial charge < -0.3 is 14.8 Å². The van der Waals surface area contributed by atoms with Crippen LogP contribution in [0.2, 0.25) is 5.02 Å². The van der Waals surface area contributed by atoms with Crippen molar-refractivity contribution in [3.05, 3.63) is 28.8 Å². The summed E-state index contributed by atoms with van der Waals surface area (Å²) in [6, 6.07) is 5.35. The van der Waals surface area contributed by atoms with Crippen molar-refractivity contribution >= 4 is 17.5 Å². The minimum absolute atomic E-state index is 0.186. The summed E-state index contributed by atoms with van der Waals surface area (Å²) in [4.78, 5) is 11.5. The largest absolute Gasteiger partial charge is 0.496 e. The van der Waals surface area contributed by atoms with E-state index < -0.39 is 6.10 Å². The van der Waals surface area contributed by atoms with E-state index in [0.29, 0.717) is 17.3 Å². The number of hydrogen-bond acceptors (Lipinski definition) is 3. The van der Waals surface area contributed by atoms with Gasteiger partial charge in [0.2, 0.25) is 5.91 Å². The molecule has 0 aromatic heterocycles. The fourth-order valence-electron chi connectivity index (χ4n) is 1.33. The van der Waals surface area contributed by atoms with Crippen LogP contribution in [0.1, 0.15) is 12.5 Å². The van der Waals surface area contributed by atoms with Crippen molar-refractivity contribution in [1.29, 1.82) is 0 Å². The number of methoxy groups -OCH3 is 2. The lowest BCUT2D eigenvalue weighted by Gasteiger charge is -2.13. The number of carbonyl (C=O) groups is 1. The van der Waals surface area contributed by atoms with E-state index in [9.17, 15) is 4.79 Å². The first-order chi connectivity index (χ1) is 8.10. The van der Waals surface area contributed by atoms with Crippen molar-refractivity contribution < 1.29 is 14.3 Å². The van der Waals surface area contributed by atoms with Crippen molar-refractivity contribution in [1.82, 2.24) is 5.32 Å². The molecule has 0 heterocycles. The molecular formula is C12H16ClNO3. The maximum Gasteiger partial charge on any atom is 0.249 e. The number of nitrogens with one attached hydrogen (secondary N) is 1. The van der Waals surface area contributed by atoms with E-state index in [1.54, 1.807) is 32.2 Å². The van der Waals surface area contributed by atoms with Crippen LogP contribution < -0.4 is 10.1 Å². The van der Waals surface area contributed by atoms with Crippen LogP contribution in [-0.2, 0) is 16.1 Å². The number of benzene rings is 1. The number of halogens is 1. The van der Waals surface area contributed by atoms with Gasteiger partial charge in [0.15, 0.2) is 0 Å².